The molecule has 4 nitrogen and oxygen atoms in total. The number of phenols is 1. The van der Waals surface area contributed by atoms with Crippen molar-refractivity contribution in [1.29, 1.82) is 0 Å². The molecular formula is C18H14O4. The van der Waals surface area contributed by atoms with Crippen molar-refractivity contribution in [3.05, 3.63) is 52.3 Å². The number of ketones is 2. The predicted molar refractivity (Wildman–Crippen MR) is 81.2 cm³/mol. The van der Waals surface area contributed by atoms with Crippen molar-refractivity contribution in [1.82, 2.24) is 0 Å². The molecule has 2 aromatic rings. The molecule has 0 bridgehead atoms. The summed E-state index contributed by atoms with van der Waals surface area (Å²) in [6, 6.07) is 6.72. The number of ether oxygens (including phenoxy) is 1. The Morgan fingerprint density at radius 3 is 2.68 bits per heavy atom. The van der Waals surface area contributed by atoms with Gasteiger partial charge in [0.15, 0.2) is 11.5 Å². The summed E-state index contributed by atoms with van der Waals surface area (Å²) in [6.07, 6.45) is 0. The Balaban J connectivity index is 2.09. The number of rotatable bonds is 0. The summed E-state index contributed by atoms with van der Waals surface area (Å²) in [5, 5.41) is 11.3. The number of benzene rings is 2. The Bertz CT molecular complexity index is 905. The number of aromatic hydroxyl groups is 1. The first-order valence-corrected chi connectivity index (χ1v) is 7.21. The van der Waals surface area contributed by atoms with Gasteiger partial charge < -0.3 is 9.84 Å². The van der Waals surface area contributed by atoms with Crippen molar-refractivity contribution in [2.75, 3.05) is 6.61 Å². The minimum Gasteiger partial charge on any atom is -0.508 e. The smallest absolute Gasteiger partial charge is 0.229 e. The maximum absolute atomic E-state index is 12.8. The van der Waals surface area contributed by atoms with Gasteiger partial charge in [-0.1, -0.05) is 13.0 Å². The van der Waals surface area contributed by atoms with Crippen LogP contribution in [0.3, 0.4) is 0 Å². The van der Waals surface area contributed by atoms with Crippen LogP contribution >= 0.6 is 0 Å². The van der Waals surface area contributed by atoms with Gasteiger partial charge in [0.2, 0.25) is 5.78 Å². The highest BCUT2D eigenvalue weighted by atomic mass is 16.5. The number of Topliss-reactive ketones (excluding diaryl/α,β-unsaturated/α-hetero) is 2. The standard InChI is InChI=1S/C18H14O4/c1-8-5-10(19)6-13-11(8)3-4-12-15(13)17(21)18-14(16(12)20)9(2)7-22-18/h3-6,9,19H,7H2,1-2H3/t9-/m0/s1. The molecule has 22 heavy (non-hydrogen) atoms. The van der Waals surface area contributed by atoms with Gasteiger partial charge in [-0.15, -0.1) is 0 Å². The summed E-state index contributed by atoms with van der Waals surface area (Å²) in [4.78, 5) is 25.5. The number of aryl methyl sites for hydroxylation is 1. The van der Waals surface area contributed by atoms with Crippen LogP contribution in [-0.2, 0) is 4.74 Å². The number of fused-ring (bicyclic) bond motifs is 3. The number of carbonyl (C=O) groups excluding carboxylic acids is 2. The third-order valence-corrected chi connectivity index (χ3v) is 4.46. The molecule has 0 spiro atoms. The fourth-order valence-electron chi connectivity index (χ4n) is 3.40. The highest BCUT2D eigenvalue weighted by molar-refractivity contribution is 6.30. The van der Waals surface area contributed by atoms with E-state index < -0.39 is 0 Å². The second kappa shape index (κ2) is 4.19. The van der Waals surface area contributed by atoms with Crippen LogP contribution in [0.5, 0.6) is 5.75 Å². The van der Waals surface area contributed by atoms with Crippen LogP contribution in [0.15, 0.2) is 35.6 Å². The highest BCUT2D eigenvalue weighted by Gasteiger charge is 2.40. The van der Waals surface area contributed by atoms with Crippen molar-refractivity contribution in [2.45, 2.75) is 13.8 Å². The fourth-order valence-corrected chi connectivity index (χ4v) is 3.40. The lowest BCUT2D eigenvalue weighted by Crippen LogP contribution is -2.22. The molecule has 1 atom stereocenters. The number of hydrogen-bond donors (Lipinski definition) is 1. The predicted octanol–water partition coefficient (Wildman–Crippen LogP) is 3.15. The molecule has 0 unspecified atom stereocenters. The molecule has 0 saturated carbocycles. The first-order valence-electron chi connectivity index (χ1n) is 7.21. The van der Waals surface area contributed by atoms with Crippen molar-refractivity contribution in [3.63, 3.8) is 0 Å². The van der Waals surface area contributed by atoms with Crippen molar-refractivity contribution in [2.24, 2.45) is 5.92 Å². The molecule has 0 fully saturated rings. The van der Waals surface area contributed by atoms with Crippen LogP contribution in [0.1, 0.15) is 33.2 Å². The first kappa shape index (κ1) is 13.1. The molecule has 0 saturated heterocycles. The van der Waals surface area contributed by atoms with Gasteiger partial charge in [-0.3, -0.25) is 9.59 Å². The zero-order chi connectivity index (χ0) is 15.6. The number of phenolic OH excluding ortho intramolecular Hbond substituents is 1. The first-order chi connectivity index (χ1) is 10.5. The van der Waals surface area contributed by atoms with Crippen LogP contribution in [0.2, 0.25) is 0 Å². The lowest BCUT2D eigenvalue weighted by Gasteiger charge is -2.19. The van der Waals surface area contributed by atoms with Crippen LogP contribution in [0.25, 0.3) is 10.8 Å². The molecular weight excluding hydrogens is 280 g/mol. The van der Waals surface area contributed by atoms with Gasteiger partial charge >= 0.3 is 0 Å². The quantitative estimate of drug-likeness (QED) is 0.810. The Hall–Kier alpha value is -2.62. The monoisotopic (exact) mass is 294 g/mol. The molecule has 1 heterocycles. The van der Waals surface area contributed by atoms with E-state index >= 15 is 0 Å². The zero-order valence-electron chi connectivity index (χ0n) is 12.3. The summed E-state index contributed by atoms with van der Waals surface area (Å²) >= 11 is 0. The van der Waals surface area contributed by atoms with Gasteiger partial charge in [0.25, 0.3) is 0 Å². The van der Waals surface area contributed by atoms with Crippen molar-refractivity contribution < 1.29 is 19.4 Å². The summed E-state index contributed by atoms with van der Waals surface area (Å²) < 4.78 is 5.46. The van der Waals surface area contributed by atoms with E-state index in [1.165, 1.54) is 6.07 Å². The molecule has 4 rings (SSSR count). The molecule has 1 N–H and O–H groups in total. The van der Waals surface area contributed by atoms with Crippen molar-refractivity contribution in [3.8, 4) is 5.75 Å². The zero-order valence-corrected chi connectivity index (χ0v) is 12.3. The largest absolute Gasteiger partial charge is 0.508 e. The molecule has 1 aliphatic carbocycles. The average molecular weight is 294 g/mol. The van der Waals surface area contributed by atoms with E-state index in [4.69, 9.17) is 4.74 Å². The molecule has 0 amide bonds. The van der Waals surface area contributed by atoms with E-state index in [9.17, 15) is 14.7 Å². The van der Waals surface area contributed by atoms with Gasteiger partial charge in [0, 0.05) is 17.0 Å². The third-order valence-electron chi connectivity index (χ3n) is 4.46. The van der Waals surface area contributed by atoms with E-state index in [0.717, 1.165) is 10.9 Å². The minimum absolute atomic E-state index is 0.0683. The van der Waals surface area contributed by atoms with Gasteiger partial charge in [0.05, 0.1) is 12.2 Å². The normalized spacial score (nSPS) is 20.2. The van der Waals surface area contributed by atoms with Crippen LogP contribution in [0, 0.1) is 12.8 Å². The second-order valence-corrected chi connectivity index (χ2v) is 5.96. The summed E-state index contributed by atoms with van der Waals surface area (Å²) in [5.41, 5.74) is 2.08. The van der Waals surface area contributed by atoms with Crippen LogP contribution in [0.4, 0.5) is 0 Å². The topological polar surface area (TPSA) is 63.6 Å². The number of hydrogen-bond acceptors (Lipinski definition) is 4. The van der Waals surface area contributed by atoms with E-state index in [-0.39, 0.29) is 29.0 Å². The average Bonchev–Trinajstić information content (AvgIpc) is 2.86. The van der Waals surface area contributed by atoms with Gasteiger partial charge in [0.1, 0.15) is 5.75 Å². The summed E-state index contributed by atoms with van der Waals surface area (Å²) in [5.74, 6) is -0.208. The van der Waals surface area contributed by atoms with E-state index in [1.807, 2.05) is 19.9 Å². The Labute approximate surface area is 127 Å². The van der Waals surface area contributed by atoms with Crippen LogP contribution in [-0.4, -0.2) is 23.3 Å². The van der Waals surface area contributed by atoms with Gasteiger partial charge in [-0.2, -0.15) is 0 Å². The molecule has 0 radical (unpaired) electrons. The van der Waals surface area contributed by atoms with Crippen LogP contribution < -0.4 is 0 Å². The molecule has 2 aliphatic rings. The SMILES string of the molecule is Cc1cc(O)cc2c3c(ccc12)C(=O)C1=C(OC[C@@H]1C)C3=O. The number of allylic oxidation sites excluding steroid dienone is 1. The minimum atomic E-state index is -0.260. The Morgan fingerprint density at radius 2 is 1.91 bits per heavy atom. The lowest BCUT2D eigenvalue weighted by molar-refractivity contribution is 0.0915. The van der Waals surface area contributed by atoms with Crippen molar-refractivity contribution >= 4 is 22.3 Å². The lowest BCUT2D eigenvalue weighted by atomic mass is 9.82. The molecule has 1 aliphatic heterocycles. The Morgan fingerprint density at radius 1 is 1.14 bits per heavy atom. The fraction of sp³-hybridized carbons (Fsp3) is 0.222. The molecule has 2 aromatic carbocycles. The van der Waals surface area contributed by atoms with Gasteiger partial charge in [-0.05, 0) is 41.5 Å². The summed E-state index contributed by atoms with van der Waals surface area (Å²) in [6.45, 7) is 4.11. The van der Waals surface area contributed by atoms with E-state index in [0.29, 0.717) is 28.7 Å². The molecule has 4 heteroatoms. The van der Waals surface area contributed by atoms with E-state index in [1.54, 1.807) is 12.1 Å². The maximum atomic E-state index is 12.8. The third kappa shape index (κ3) is 1.52. The Kier molecular flexibility index (Phi) is 2.49. The van der Waals surface area contributed by atoms with Gasteiger partial charge in [-0.25, -0.2) is 0 Å². The maximum Gasteiger partial charge on any atom is 0.229 e. The summed E-state index contributed by atoms with van der Waals surface area (Å²) in [7, 11) is 0. The highest BCUT2D eigenvalue weighted by Crippen LogP contribution is 2.39. The number of carbonyl (C=O) groups is 2. The van der Waals surface area contributed by atoms with E-state index in [2.05, 4.69) is 0 Å². The molecule has 110 valence electrons. The second-order valence-electron chi connectivity index (χ2n) is 5.96. The molecule has 0 aromatic heterocycles.